The molecule has 2 unspecified atom stereocenters. The molecule has 0 saturated heterocycles. The molecular weight excluding hydrogens is 339 g/mol. The van der Waals surface area contributed by atoms with Crippen molar-refractivity contribution in [3.63, 3.8) is 0 Å². The summed E-state index contributed by atoms with van der Waals surface area (Å²) in [6.45, 7) is -1.53. The van der Waals surface area contributed by atoms with Crippen LogP contribution in [0.2, 0.25) is 5.02 Å². The average Bonchev–Trinajstić information content (AvgIpc) is 2.36. The van der Waals surface area contributed by atoms with E-state index >= 15 is 0 Å². The molecule has 0 aliphatic heterocycles. The van der Waals surface area contributed by atoms with E-state index in [1.807, 2.05) is 0 Å². The summed E-state index contributed by atoms with van der Waals surface area (Å²) >= 11 is 5.72. The van der Waals surface area contributed by atoms with E-state index in [9.17, 15) is 22.8 Å². The average molecular weight is 352 g/mol. The molecule has 2 rings (SSSR count). The number of carbonyl (C=O) groups excluding carboxylic acids is 1. The van der Waals surface area contributed by atoms with Crippen LogP contribution < -0.4 is 10.1 Å². The molecule has 0 heterocycles. The first kappa shape index (κ1) is 17.4. The second-order valence-electron chi connectivity index (χ2n) is 5.16. The van der Waals surface area contributed by atoms with E-state index in [1.165, 1.54) is 12.1 Å². The van der Waals surface area contributed by atoms with Gasteiger partial charge >= 0.3 is 12.1 Å². The standard InChI is InChI=1S/C14H13ClF3NO4/c15-7-1-4-10(11(5-7)23-6-14(16,17)18)19-12(20)8-2-3-9(8)13(21)22/h1,4-5,8-9H,2-3,6H2,(H,19,20)(H,21,22). The molecule has 1 fully saturated rings. The first-order chi connectivity index (χ1) is 10.7. The molecule has 23 heavy (non-hydrogen) atoms. The summed E-state index contributed by atoms with van der Waals surface area (Å²) in [6.07, 6.45) is -3.73. The minimum absolute atomic E-state index is 0.0136. The lowest BCUT2D eigenvalue weighted by Gasteiger charge is -2.32. The fraction of sp³-hybridized carbons (Fsp3) is 0.429. The van der Waals surface area contributed by atoms with E-state index in [2.05, 4.69) is 10.1 Å². The van der Waals surface area contributed by atoms with Gasteiger partial charge in [-0.15, -0.1) is 0 Å². The summed E-state index contributed by atoms with van der Waals surface area (Å²) in [5, 5.41) is 11.5. The van der Waals surface area contributed by atoms with E-state index in [4.69, 9.17) is 16.7 Å². The SMILES string of the molecule is O=C(O)C1CCC1C(=O)Nc1ccc(Cl)cc1OCC(F)(F)F. The number of carbonyl (C=O) groups is 2. The number of aliphatic carboxylic acids is 1. The zero-order valence-electron chi connectivity index (χ0n) is 11.7. The lowest BCUT2D eigenvalue weighted by Crippen LogP contribution is -2.41. The minimum atomic E-state index is -4.54. The molecule has 0 radical (unpaired) electrons. The van der Waals surface area contributed by atoms with Gasteiger partial charge in [0, 0.05) is 11.1 Å². The third kappa shape index (κ3) is 4.51. The number of alkyl halides is 3. The first-order valence-electron chi connectivity index (χ1n) is 6.70. The van der Waals surface area contributed by atoms with Crippen LogP contribution in [-0.2, 0) is 9.59 Å². The highest BCUT2D eigenvalue weighted by Gasteiger charge is 2.41. The number of carboxylic acids is 1. The van der Waals surface area contributed by atoms with Gasteiger partial charge < -0.3 is 15.2 Å². The van der Waals surface area contributed by atoms with E-state index < -0.39 is 36.5 Å². The van der Waals surface area contributed by atoms with Crippen molar-refractivity contribution in [3.8, 4) is 5.75 Å². The van der Waals surface area contributed by atoms with Crippen molar-refractivity contribution < 1.29 is 32.6 Å². The fourth-order valence-corrected chi connectivity index (χ4v) is 2.38. The Morgan fingerprint density at radius 3 is 2.48 bits per heavy atom. The number of benzene rings is 1. The van der Waals surface area contributed by atoms with Crippen LogP contribution in [0.4, 0.5) is 18.9 Å². The van der Waals surface area contributed by atoms with Crippen molar-refractivity contribution in [2.45, 2.75) is 19.0 Å². The molecule has 126 valence electrons. The van der Waals surface area contributed by atoms with Crippen LogP contribution in [0, 0.1) is 11.8 Å². The molecule has 1 aliphatic rings. The summed E-state index contributed by atoms with van der Waals surface area (Å²) < 4.78 is 41.4. The van der Waals surface area contributed by atoms with Crippen molar-refractivity contribution in [1.82, 2.24) is 0 Å². The second kappa shape index (κ2) is 6.66. The maximum atomic E-state index is 12.3. The summed E-state index contributed by atoms with van der Waals surface area (Å²) in [6, 6.07) is 3.84. The lowest BCUT2D eigenvalue weighted by molar-refractivity contribution is -0.153. The third-order valence-electron chi connectivity index (χ3n) is 3.52. The maximum Gasteiger partial charge on any atom is 0.422 e. The molecule has 1 amide bonds. The van der Waals surface area contributed by atoms with Crippen molar-refractivity contribution in [2.24, 2.45) is 11.8 Å². The van der Waals surface area contributed by atoms with Gasteiger partial charge in [-0.1, -0.05) is 11.6 Å². The van der Waals surface area contributed by atoms with Gasteiger partial charge in [-0.05, 0) is 25.0 Å². The molecule has 0 aromatic heterocycles. The van der Waals surface area contributed by atoms with Crippen LogP contribution in [0.25, 0.3) is 0 Å². The van der Waals surface area contributed by atoms with Crippen molar-refractivity contribution in [3.05, 3.63) is 23.2 Å². The van der Waals surface area contributed by atoms with Gasteiger partial charge in [0.1, 0.15) is 5.75 Å². The minimum Gasteiger partial charge on any atom is -0.482 e. The van der Waals surface area contributed by atoms with Crippen molar-refractivity contribution in [2.75, 3.05) is 11.9 Å². The number of carboxylic acid groups (broad SMARTS) is 1. The van der Waals surface area contributed by atoms with E-state index in [1.54, 1.807) is 0 Å². The Morgan fingerprint density at radius 1 is 1.30 bits per heavy atom. The van der Waals surface area contributed by atoms with Crippen LogP contribution in [0.3, 0.4) is 0 Å². The van der Waals surface area contributed by atoms with Gasteiger partial charge in [0.2, 0.25) is 5.91 Å². The predicted octanol–water partition coefficient (Wildman–Crippen LogP) is 3.33. The summed E-state index contributed by atoms with van der Waals surface area (Å²) in [5.41, 5.74) is 0.0136. The molecule has 1 aliphatic carbocycles. The smallest absolute Gasteiger partial charge is 0.422 e. The van der Waals surface area contributed by atoms with Crippen LogP contribution in [-0.4, -0.2) is 29.8 Å². The van der Waals surface area contributed by atoms with Crippen molar-refractivity contribution in [1.29, 1.82) is 0 Å². The van der Waals surface area contributed by atoms with Crippen LogP contribution in [0.15, 0.2) is 18.2 Å². The number of nitrogens with one attached hydrogen (secondary N) is 1. The van der Waals surface area contributed by atoms with Gasteiger partial charge in [-0.2, -0.15) is 13.2 Å². The molecular formula is C14H13ClF3NO4. The predicted molar refractivity (Wildman–Crippen MR) is 75.5 cm³/mol. The monoisotopic (exact) mass is 351 g/mol. The van der Waals surface area contributed by atoms with Crippen molar-refractivity contribution >= 4 is 29.2 Å². The Hall–Kier alpha value is -1.96. The largest absolute Gasteiger partial charge is 0.482 e. The molecule has 1 saturated carbocycles. The van der Waals surface area contributed by atoms with Crippen LogP contribution in [0.1, 0.15) is 12.8 Å². The number of halogens is 4. The Morgan fingerprint density at radius 2 is 1.96 bits per heavy atom. The van der Waals surface area contributed by atoms with Gasteiger partial charge in [-0.3, -0.25) is 9.59 Å². The van der Waals surface area contributed by atoms with Crippen LogP contribution in [0.5, 0.6) is 5.75 Å². The second-order valence-corrected chi connectivity index (χ2v) is 5.60. The van der Waals surface area contributed by atoms with E-state index in [-0.39, 0.29) is 16.5 Å². The summed E-state index contributed by atoms with van der Waals surface area (Å²) in [4.78, 5) is 23.0. The Balaban J connectivity index is 2.10. The first-order valence-corrected chi connectivity index (χ1v) is 7.08. The molecule has 2 N–H and O–H groups in total. The Labute approximate surface area is 134 Å². The Kier molecular flexibility index (Phi) is 5.03. The highest BCUT2D eigenvalue weighted by atomic mass is 35.5. The quantitative estimate of drug-likeness (QED) is 0.853. The Bertz CT molecular complexity index is 621. The molecule has 0 spiro atoms. The number of hydrogen-bond acceptors (Lipinski definition) is 3. The van der Waals surface area contributed by atoms with E-state index in [0.717, 1.165) is 6.07 Å². The summed E-state index contributed by atoms with van der Waals surface area (Å²) in [5.74, 6) is -3.35. The summed E-state index contributed by atoms with van der Waals surface area (Å²) in [7, 11) is 0. The molecule has 1 aromatic rings. The molecule has 2 atom stereocenters. The topological polar surface area (TPSA) is 75.6 Å². The van der Waals surface area contributed by atoms with Gasteiger partial charge in [0.25, 0.3) is 0 Å². The molecule has 5 nitrogen and oxygen atoms in total. The molecule has 0 bridgehead atoms. The molecule has 1 aromatic carbocycles. The lowest BCUT2D eigenvalue weighted by atomic mass is 9.73. The maximum absolute atomic E-state index is 12.3. The van der Waals surface area contributed by atoms with Gasteiger partial charge in [0.15, 0.2) is 6.61 Å². The highest BCUT2D eigenvalue weighted by Crippen LogP contribution is 2.37. The fourth-order valence-electron chi connectivity index (χ4n) is 2.21. The number of hydrogen-bond donors (Lipinski definition) is 2. The normalized spacial score (nSPS) is 20.5. The zero-order chi connectivity index (χ0) is 17.2. The van der Waals surface area contributed by atoms with Gasteiger partial charge in [0.05, 0.1) is 17.5 Å². The third-order valence-corrected chi connectivity index (χ3v) is 3.76. The van der Waals surface area contributed by atoms with Gasteiger partial charge in [-0.25, -0.2) is 0 Å². The number of amides is 1. The zero-order valence-corrected chi connectivity index (χ0v) is 12.4. The number of rotatable bonds is 5. The number of ether oxygens (including phenoxy) is 1. The molecule has 9 heteroatoms. The highest BCUT2D eigenvalue weighted by molar-refractivity contribution is 6.30. The van der Waals surface area contributed by atoms with Crippen LogP contribution >= 0.6 is 11.6 Å². The van der Waals surface area contributed by atoms with E-state index in [0.29, 0.717) is 12.8 Å². The number of anilines is 1.